The van der Waals surface area contributed by atoms with E-state index in [-0.39, 0.29) is 6.04 Å². The summed E-state index contributed by atoms with van der Waals surface area (Å²) in [6, 6.07) is 12.5. The van der Waals surface area contributed by atoms with E-state index in [0.717, 1.165) is 10.9 Å². The van der Waals surface area contributed by atoms with Gasteiger partial charge in [-0.15, -0.1) is 0 Å². The standard InChI is InChI=1S/C19H21N3O3/c1-12(2)22-11-14-9-15(7-8-17(14)21-22)20-19(24)18(23)13-5-4-6-16(10-13)25-3/h4-12,18,23H,1-3H3,(H,20,24)/t18-/m0/s1. The highest BCUT2D eigenvalue weighted by molar-refractivity contribution is 5.96. The van der Waals surface area contributed by atoms with Crippen LogP contribution in [0.15, 0.2) is 48.7 Å². The normalized spacial score (nSPS) is 12.4. The molecule has 0 aliphatic carbocycles. The largest absolute Gasteiger partial charge is 0.497 e. The van der Waals surface area contributed by atoms with Crippen LogP contribution in [0.2, 0.25) is 0 Å². The molecule has 25 heavy (non-hydrogen) atoms. The Hall–Kier alpha value is -2.86. The molecule has 2 N–H and O–H groups in total. The van der Waals surface area contributed by atoms with E-state index in [0.29, 0.717) is 17.0 Å². The Labute approximate surface area is 146 Å². The van der Waals surface area contributed by atoms with Crippen LogP contribution in [0, 0.1) is 0 Å². The van der Waals surface area contributed by atoms with E-state index >= 15 is 0 Å². The predicted molar refractivity (Wildman–Crippen MR) is 96.7 cm³/mol. The Balaban J connectivity index is 1.78. The van der Waals surface area contributed by atoms with Gasteiger partial charge in [-0.25, -0.2) is 0 Å². The number of ether oxygens (including phenoxy) is 1. The lowest BCUT2D eigenvalue weighted by atomic mass is 10.1. The average Bonchev–Trinajstić information content (AvgIpc) is 3.04. The minimum Gasteiger partial charge on any atom is -0.497 e. The number of benzene rings is 2. The first kappa shape index (κ1) is 17.0. The van der Waals surface area contributed by atoms with Gasteiger partial charge in [-0.1, -0.05) is 12.1 Å². The highest BCUT2D eigenvalue weighted by atomic mass is 16.5. The molecule has 3 rings (SSSR count). The fraction of sp³-hybridized carbons (Fsp3) is 0.263. The summed E-state index contributed by atoms with van der Waals surface area (Å²) in [6.45, 7) is 4.11. The van der Waals surface area contributed by atoms with E-state index in [1.807, 2.05) is 23.0 Å². The van der Waals surface area contributed by atoms with Crippen molar-refractivity contribution in [2.75, 3.05) is 12.4 Å². The Bertz CT molecular complexity index is 902. The van der Waals surface area contributed by atoms with E-state index < -0.39 is 12.0 Å². The molecule has 6 nitrogen and oxygen atoms in total. The van der Waals surface area contributed by atoms with Crippen LogP contribution in [0.3, 0.4) is 0 Å². The number of aliphatic hydroxyl groups excluding tert-OH is 1. The van der Waals surface area contributed by atoms with Gasteiger partial charge in [-0.05, 0) is 49.7 Å². The minimum absolute atomic E-state index is 0.264. The number of hydrogen-bond acceptors (Lipinski definition) is 4. The first-order valence-electron chi connectivity index (χ1n) is 8.09. The van der Waals surface area contributed by atoms with E-state index in [1.54, 1.807) is 30.3 Å². The second-order valence-electron chi connectivity index (χ2n) is 6.14. The van der Waals surface area contributed by atoms with Crippen molar-refractivity contribution in [1.29, 1.82) is 0 Å². The van der Waals surface area contributed by atoms with Crippen LogP contribution in [-0.4, -0.2) is 27.9 Å². The lowest BCUT2D eigenvalue weighted by Crippen LogP contribution is -2.20. The minimum atomic E-state index is -1.27. The topological polar surface area (TPSA) is 76.4 Å². The summed E-state index contributed by atoms with van der Waals surface area (Å²) in [7, 11) is 1.54. The van der Waals surface area contributed by atoms with Gasteiger partial charge in [0, 0.05) is 23.3 Å². The molecule has 2 aromatic carbocycles. The molecule has 130 valence electrons. The smallest absolute Gasteiger partial charge is 0.257 e. The van der Waals surface area contributed by atoms with Crippen LogP contribution >= 0.6 is 0 Å². The Morgan fingerprint density at radius 2 is 2.04 bits per heavy atom. The zero-order valence-electron chi connectivity index (χ0n) is 14.4. The molecule has 0 saturated heterocycles. The maximum atomic E-state index is 12.3. The fourth-order valence-electron chi connectivity index (χ4n) is 2.56. The van der Waals surface area contributed by atoms with Crippen molar-refractivity contribution in [3.63, 3.8) is 0 Å². The van der Waals surface area contributed by atoms with Crippen molar-refractivity contribution in [1.82, 2.24) is 9.78 Å². The van der Waals surface area contributed by atoms with E-state index in [1.165, 1.54) is 7.11 Å². The predicted octanol–water partition coefficient (Wildman–Crippen LogP) is 3.30. The van der Waals surface area contributed by atoms with Gasteiger partial charge in [0.2, 0.25) is 0 Å². The van der Waals surface area contributed by atoms with Crippen molar-refractivity contribution in [3.05, 3.63) is 54.2 Å². The molecule has 3 aromatic rings. The van der Waals surface area contributed by atoms with Crippen molar-refractivity contribution in [3.8, 4) is 5.75 Å². The van der Waals surface area contributed by atoms with Gasteiger partial charge in [0.05, 0.1) is 12.6 Å². The molecule has 0 radical (unpaired) electrons. The number of rotatable bonds is 5. The number of aromatic nitrogens is 2. The van der Waals surface area contributed by atoms with Gasteiger partial charge in [0.15, 0.2) is 6.10 Å². The third-order valence-electron chi connectivity index (χ3n) is 3.98. The molecule has 1 aromatic heterocycles. The van der Waals surface area contributed by atoms with Gasteiger partial charge in [0.1, 0.15) is 5.75 Å². The van der Waals surface area contributed by atoms with Gasteiger partial charge in [-0.3, -0.25) is 9.48 Å². The maximum Gasteiger partial charge on any atom is 0.257 e. The summed E-state index contributed by atoms with van der Waals surface area (Å²) >= 11 is 0. The summed E-state index contributed by atoms with van der Waals surface area (Å²) in [5, 5.41) is 18.4. The average molecular weight is 339 g/mol. The lowest BCUT2D eigenvalue weighted by Gasteiger charge is -2.12. The summed E-state index contributed by atoms with van der Waals surface area (Å²) in [4.78, 5) is 12.3. The lowest BCUT2D eigenvalue weighted by molar-refractivity contribution is -0.124. The van der Waals surface area contributed by atoms with Crippen LogP contribution in [0.25, 0.3) is 10.9 Å². The van der Waals surface area contributed by atoms with Crippen LogP contribution in [0.4, 0.5) is 5.69 Å². The number of methoxy groups -OCH3 is 1. The zero-order chi connectivity index (χ0) is 18.0. The first-order valence-corrected chi connectivity index (χ1v) is 8.09. The van der Waals surface area contributed by atoms with Gasteiger partial charge >= 0.3 is 0 Å². The Morgan fingerprint density at radius 1 is 1.24 bits per heavy atom. The van der Waals surface area contributed by atoms with E-state index in [4.69, 9.17) is 4.74 Å². The molecular formula is C19H21N3O3. The number of aliphatic hydroxyl groups is 1. The summed E-state index contributed by atoms with van der Waals surface area (Å²) in [5.41, 5.74) is 1.95. The van der Waals surface area contributed by atoms with E-state index in [2.05, 4.69) is 24.3 Å². The maximum absolute atomic E-state index is 12.3. The second-order valence-corrected chi connectivity index (χ2v) is 6.14. The Kier molecular flexibility index (Phi) is 4.72. The third-order valence-corrected chi connectivity index (χ3v) is 3.98. The van der Waals surface area contributed by atoms with Crippen molar-refractivity contribution in [2.24, 2.45) is 0 Å². The van der Waals surface area contributed by atoms with Crippen LogP contribution in [-0.2, 0) is 4.79 Å². The molecule has 1 heterocycles. The van der Waals surface area contributed by atoms with Crippen LogP contribution in [0.1, 0.15) is 31.6 Å². The number of hydrogen-bond donors (Lipinski definition) is 2. The van der Waals surface area contributed by atoms with Crippen molar-refractivity contribution >= 4 is 22.5 Å². The molecule has 6 heteroatoms. The third kappa shape index (κ3) is 3.64. The van der Waals surface area contributed by atoms with E-state index in [9.17, 15) is 9.90 Å². The highest BCUT2D eigenvalue weighted by Crippen LogP contribution is 2.23. The molecule has 0 saturated carbocycles. The van der Waals surface area contributed by atoms with Gasteiger partial charge in [-0.2, -0.15) is 5.10 Å². The number of fused-ring (bicyclic) bond motifs is 1. The molecular weight excluding hydrogens is 318 g/mol. The van der Waals surface area contributed by atoms with Gasteiger partial charge in [0.25, 0.3) is 5.91 Å². The quantitative estimate of drug-likeness (QED) is 0.748. The fourth-order valence-corrected chi connectivity index (χ4v) is 2.56. The molecule has 0 spiro atoms. The molecule has 0 aliphatic rings. The summed E-state index contributed by atoms with van der Waals surface area (Å²) in [6.07, 6.45) is 0.665. The monoisotopic (exact) mass is 339 g/mol. The number of nitrogens with one attached hydrogen (secondary N) is 1. The highest BCUT2D eigenvalue weighted by Gasteiger charge is 2.18. The zero-order valence-corrected chi connectivity index (χ0v) is 14.4. The number of carbonyl (C=O) groups excluding carboxylic acids is 1. The molecule has 0 bridgehead atoms. The number of carbonyl (C=O) groups is 1. The molecule has 1 amide bonds. The number of amides is 1. The van der Waals surface area contributed by atoms with Crippen LogP contribution in [0.5, 0.6) is 5.75 Å². The molecule has 0 unspecified atom stereocenters. The van der Waals surface area contributed by atoms with Gasteiger partial charge < -0.3 is 15.2 Å². The molecule has 1 atom stereocenters. The van der Waals surface area contributed by atoms with Crippen molar-refractivity contribution in [2.45, 2.75) is 26.0 Å². The van der Waals surface area contributed by atoms with Crippen molar-refractivity contribution < 1.29 is 14.6 Å². The molecule has 0 aliphatic heterocycles. The summed E-state index contributed by atoms with van der Waals surface area (Å²) in [5.74, 6) is 0.0933. The Morgan fingerprint density at radius 3 is 2.76 bits per heavy atom. The number of anilines is 1. The SMILES string of the molecule is COc1cccc([C@H](O)C(=O)Nc2ccc3nn(C(C)C)cc3c2)c1. The van der Waals surface area contributed by atoms with Crippen LogP contribution < -0.4 is 10.1 Å². The molecule has 0 fully saturated rings. The second kappa shape index (κ2) is 6.94. The number of nitrogens with zero attached hydrogens (tertiary/aromatic N) is 2. The first-order chi connectivity index (χ1) is 12.0. The summed E-state index contributed by atoms with van der Waals surface area (Å²) < 4.78 is 7.00.